The van der Waals surface area contributed by atoms with E-state index in [1.807, 2.05) is 0 Å². The van der Waals surface area contributed by atoms with Gasteiger partial charge in [0.1, 0.15) is 17.9 Å². The Morgan fingerprint density at radius 3 is 2.63 bits per heavy atom. The van der Waals surface area contributed by atoms with Crippen molar-refractivity contribution in [2.75, 3.05) is 39.4 Å². The van der Waals surface area contributed by atoms with E-state index in [0.717, 1.165) is 45.5 Å². The molecule has 1 N–H and O–H groups in total. The number of ketones is 1. The second kappa shape index (κ2) is 7.96. The minimum atomic E-state index is -4.82. The number of halogens is 4. The van der Waals surface area contributed by atoms with Gasteiger partial charge in [0.15, 0.2) is 0 Å². The van der Waals surface area contributed by atoms with Crippen molar-refractivity contribution in [3.8, 4) is 0 Å². The van der Waals surface area contributed by atoms with Gasteiger partial charge in [-0.25, -0.2) is 0 Å². The Bertz CT molecular complexity index is 318. The second-order valence-corrected chi connectivity index (χ2v) is 5.27. The normalized spacial score (nSPS) is 19.8. The van der Waals surface area contributed by atoms with Gasteiger partial charge < -0.3 is 9.64 Å². The van der Waals surface area contributed by atoms with E-state index in [0.29, 0.717) is 6.54 Å². The minimum absolute atomic E-state index is 0.428. The first-order valence-corrected chi connectivity index (χ1v) is 6.99. The predicted octanol–water partition coefficient (Wildman–Crippen LogP) is 0.257. The molecule has 0 aromatic carbocycles. The summed E-state index contributed by atoms with van der Waals surface area (Å²) in [5.74, 6) is -1.82. The molecule has 1 rings (SSSR count). The van der Waals surface area contributed by atoms with Crippen LogP contribution in [0.15, 0.2) is 4.99 Å². The van der Waals surface area contributed by atoms with Crippen molar-refractivity contribution in [1.82, 2.24) is 0 Å². The maximum Gasteiger partial charge on any atom is 0.451 e. The number of quaternary nitrogens is 1. The fraction of sp³-hybridized carbons (Fsp3) is 0.818. The SMILES string of the molecule is O=C(C(Br)C=NCCC[NH+]1CCOCC1)C(F)(F)F. The number of carbonyl (C=O) groups is 1. The maximum absolute atomic E-state index is 12.1. The molecule has 1 unspecified atom stereocenters. The summed E-state index contributed by atoms with van der Waals surface area (Å²) in [6, 6.07) is 0. The van der Waals surface area contributed by atoms with Crippen molar-refractivity contribution in [2.45, 2.75) is 17.4 Å². The molecule has 1 heterocycles. The molecule has 0 spiro atoms. The smallest absolute Gasteiger partial charge is 0.370 e. The summed E-state index contributed by atoms with van der Waals surface area (Å²) in [6.45, 7) is 4.76. The number of morpholine rings is 1. The Labute approximate surface area is 118 Å². The summed E-state index contributed by atoms with van der Waals surface area (Å²) in [7, 11) is 0. The number of nitrogens with one attached hydrogen (secondary N) is 1. The fourth-order valence-electron chi connectivity index (χ4n) is 1.72. The number of carbonyl (C=O) groups excluding carboxylic acids is 1. The summed E-state index contributed by atoms with van der Waals surface area (Å²) < 4.78 is 41.4. The Hall–Kier alpha value is -0.470. The molecule has 0 aromatic heterocycles. The lowest BCUT2D eigenvalue weighted by Crippen LogP contribution is -3.14. The molecule has 110 valence electrons. The fourth-order valence-corrected chi connectivity index (χ4v) is 2.15. The Kier molecular flexibility index (Phi) is 6.95. The lowest BCUT2D eigenvalue weighted by Gasteiger charge is -2.23. The maximum atomic E-state index is 12.1. The molecule has 1 saturated heterocycles. The minimum Gasteiger partial charge on any atom is -0.370 e. The number of hydrogen-bond acceptors (Lipinski definition) is 3. The molecule has 1 atom stereocenters. The highest BCUT2D eigenvalue weighted by Crippen LogP contribution is 2.20. The molecule has 0 aliphatic carbocycles. The molecule has 8 heteroatoms. The Morgan fingerprint density at radius 1 is 1.42 bits per heavy atom. The van der Waals surface area contributed by atoms with E-state index >= 15 is 0 Å². The molecule has 4 nitrogen and oxygen atoms in total. The average Bonchev–Trinajstić information content (AvgIpc) is 2.37. The van der Waals surface area contributed by atoms with Gasteiger partial charge in [-0.1, -0.05) is 15.9 Å². The number of alkyl halides is 4. The summed E-state index contributed by atoms with van der Waals surface area (Å²) >= 11 is 2.67. The van der Waals surface area contributed by atoms with Gasteiger partial charge in [0.25, 0.3) is 5.78 Å². The third-order valence-corrected chi connectivity index (χ3v) is 3.44. The highest BCUT2D eigenvalue weighted by atomic mass is 79.9. The van der Waals surface area contributed by atoms with E-state index < -0.39 is 16.8 Å². The molecule has 1 aliphatic rings. The van der Waals surface area contributed by atoms with Crippen LogP contribution in [0.1, 0.15) is 6.42 Å². The van der Waals surface area contributed by atoms with E-state index in [4.69, 9.17) is 4.74 Å². The average molecular weight is 346 g/mol. The van der Waals surface area contributed by atoms with E-state index in [-0.39, 0.29) is 0 Å². The van der Waals surface area contributed by atoms with Crippen LogP contribution >= 0.6 is 15.9 Å². The van der Waals surface area contributed by atoms with Gasteiger partial charge in [0.05, 0.1) is 19.8 Å². The van der Waals surface area contributed by atoms with Crippen LogP contribution in [0.5, 0.6) is 0 Å². The van der Waals surface area contributed by atoms with Gasteiger partial charge in [-0.3, -0.25) is 9.79 Å². The van der Waals surface area contributed by atoms with Crippen molar-refractivity contribution < 1.29 is 27.6 Å². The molecule has 1 fully saturated rings. The molecular formula is C11H17BrF3N2O2+. The zero-order valence-corrected chi connectivity index (χ0v) is 12.0. The van der Waals surface area contributed by atoms with Crippen molar-refractivity contribution >= 4 is 27.9 Å². The topological polar surface area (TPSA) is 43.1 Å². The number of ether oxygens (including phenoxy) is 1. The Balaban J connectivity index is 2.17. The van der Waals surface area contributed by atoms with E-state index in [2.05, 4.69) is 20.9 Å². The zero-order chi connectivity index (χ0) is 14.3. The van der Waals surface area contributed by atoms with Crippen LogP contribution in [0.25, 0.3) is 0 Å². The second-order valence-electron chi connectivity index (χ2n) is 4.28. The van der Waals surface area contributed by atoms with Crippen molar-refractivity contribution in [3.05, 3.63) is 0 Å². The first-order chi connectivity index (χ1) is 8.91. The predicted molar refractivity (Wildman–Crippen MR) is 68.1 cm³/mol. The molecular weight excluding hydrogens is 329 g/mol. The standard InChI is InChI=1S/C11H16BrF3N2O2/c12-9(10(18)11(13,14)15)8-16-2-1-3-17-4-6-19-7-5-17/h8-9H,1-7H2/p+1. The summed E-state index contributed by atoms with van der Waals surface area (Å²) in [6.07, 6.45) is -3.02. The number of rotatable bonds is 6. The summed E-state index contributed by atoms with van der Waals surface area (Å²) in [4.78, 5) is 14.7. The summed E-state index contributed by atoms with van der Waals surface area (Å²) in [5, 5.41) is 0. The van der Waals surface area contributed by atoms with Crippen LogP contribution in [-0.2, 0) is 9.53 Å². The van der Waals surface area contributed by atoms with Crippen LogP contribution < -0.4 is 4.90 Å². The first kappa shape index (κ1) is 16.6. The molecule has 0 bridgehead atoms. The number of Topliss-reactive ketones (excluding diaryl/α,β-unsaturated/α-hetero) is 1. The van der Waals surface area contributed by atoms with E-state index in [1.54, 1.807) is 0 Å². The van der Waals surface area contributed by atoms with E-state index in [1.165, 1.54) is 4.90 Å². The Morgan fingerprint density at radius 2 is 2.05 bits per heavy atom. The molecule has 0 saturated carbocycles. The molecule has 19 heavy (non-hydrogen) atoms. The lowest BCUT2D eigenvalue weighted by atomic mass is 10.3. The first-order valence-electron chi connectivity index (χ1n) is 6.07. The monoisotopic (exact) mass is 345 g/mol. The summed E-state index contributed by atoms with van der Waals surface area (Å²) in [5.41, 5.74) is 0. The molecule has 0 radical (unpaired) electrons. The molecule has 1 aliphatic heterocycles. The number of aliphatic imine (C=N–C) groups is 1. The van der Waals surface area contributed by atoms with Crippen molar-refractivity contribution in [1.29, 1.82) is 0 Å². The highest BCUT2D eigenvalue weighted by molar-refractivity contribution is 9.10. The van der Waals surface area contributed by atoms with Crippen molar-refractivity contribution in [3.63, 3.8) is 0 Å². The largest absolute Gasteiger partial charge is 0.451 e. The highest BCUT2D eigenvalue weighted by Gasteiger charge is 2.41. The quantitative estimate of drug-likeness (QED) is 0.426. The third-order valence-electron chi connectivity index (χ3n) is 2.78. The van der Waals surface area contributed by atoms with Crippen molar-refractivity contribution in [2.24, 2.45) is 4.99 Å². The van der Waals surface area contributed by atoms with Gasteiger partial charge in [-0.2, -0.15) is 13.2 Å². The zero-order valence-electron chi connectivity index (χ0n) is 10.4. The van der Waals surface area contributed by atoms with Crippen LogP contribution in [-0.4, -0.2) is 62.4 Å². The van der Waals surface area contributed by atoms with Gasteiger partial charge >= 0.3 is 6.18 Å². The third kappa shape index (κ3) is 6.49. The van der Waals surface area contributed by atoms with Gasteiger partial charge in [0.2, 0.25) is 0 Å². The molecule has 0 aromatic rings. The molecule has 0 amide bonds. The van der Waals surface area contributed by atoms with Crippen LogP contribution in [0, 0.1) is 0 Å². The van der Waals surface area contributed by atoms with Crippen LogP contribution in [0.3, 0.4) is 0 Å². The van der Waals surface area contributed by atoms with E-state index in [9.17, 15) is 18.0 Å². The number of nitrogens with zero attached hydrogens (tertiary/aromatic N) is 1. The van der Waals surface area contributed by atoms with Crippen LogP contribution in [0.4, 0.5) is 13.2 Å². The van der Waals surface area contributed by atoms with Gasteiger partial charge in [-0.15, -0.1) is 0 Å². The van der Waals surface area contributed by atoms with Gasteiger partial charge in [-0.05, 0) is 0 Å². The van der Waals surface area contributed by atoms with Crippen LogP contribution in [0.2, 0.25) is 0 Å². The number of hydrogen-bond donors (Lipinski definition) is 1. The lowest BCUT2D eigenvalue weighted by molar-refractivity contribution is -0.908. The van der Waals surface area contributed by atoms with Gasteiger partial charge in [0, 0.05) is 19.2 Å².